The van der Waals surface area contributed by atoms with Gasteiger partial charge in [0, 0.05) is 37.3 Å². The van der Waals surface area contributed by atoms with E-state index in [4.69, 9.17) is 0 Å². The molecule has 5 heteroatoms. The second-order valence-corrected chi connectivity index (χ2v) is 9.12. The standard InChI is InChI=1S/C23H32N4O/c1-17(2)20-7-5-19(6-8-20)14-26-11-4-9-23(15-26)10-12-27(16-23)22(28)21-13-18(3)24-25-21/h5-8,13,17H,4,9-12,14-16H2,1-3H3,(H,24,25). The minimum atomic E-state index is 0.0719. The molecule has 3 heterocycles. The number of nitrogens with zero attached hydrogens (tertiary/aromatic N) is 3. The number of amides is 1. The third kappa shape index (κ3) is 4.00. The average Bonchev–Trinajstić information content (AvgIpc) is 3.28. The fourth-order valence-electron chi connectivity index (χ4n) is 4.84. The van der Waals surface area contributed by atoms with Crippen LogP contribution in [-0.4, -0.2) is 52.1 Å². The minimum absolute atomic E-state index is 0.0719. The SMILES string of the molecule is Cc1cc(C(=O)N2CCC3(CCCN(Cc4ccc(C(C)C)cc4)C3)C2)n[nH]1. The number of hydrogen-bond acceptors (Lipinski definition) is 3. The molecule has 1 N–H and O–H groups in total. The fraction of sp³-hybridized carbons (Fsp3) is 0.565. The van der Waals surface area contributed by atoms with Crippen LogP contribution in [0.5, 0.6) is 0 Å². The van der Waals surface area contributed by atoms with Crippen LogP contribution in [0.25, 0.3) is 0 Å². The molecule has 2 fully saturated rings. The number of aromatic nitrogens is 2. The first-order chi connectivity index (χ1) is 13.4. The Kier molecular flexibility index (Phi) is 5.28. The van der Waals surface area contributed by atoms with Gasteiger partial charge in [-0.05, 0) is 55.8 Å². The van der Waals surface area contributed by atoms with E-state index in [0.717, 1.165) is 44.8 Å². The summed E-state index contributed by atoms with van der Waals surface area (Å²) < 4.78 is 0. The lowest BCUT2D eigenvalue weighted by atomic mass is 9.79. The number of hydrogen-bond donors (Lipinski definition) is 1. The lowest BCUT2D eigenvalue weighted by molar-refractivity contribution is 0.0671. The molecule has 1 unspecified atom stereocenters. The van der Waals surface area contributed by atoms with Gasteiger partial charge in [0.15, 0.2) is 0 Å². The largest absolute Gasteiger partial charge is 0.337 e. The van der Waals surface area contributed by atoms with Crippen LogP contribution in [0.1, 0.15) is 66.3 Å². The quantitative estimate of drug-likeness (QED) is 0.873. The average molecular weight is 381 g/mol. The molecular formula is C23H32N4O. The number of carbonyl (C=O) groups is 1. The molecule has 2 aliphatic heterocycles. The third-order valence-electron chi connectivity index (χ3n) is 6.44. The van der Waals surface area contributed by atoms with Crippen LogP contribution >= 0.6 is 0 Å². The van der Waals surface area contributed by atoms with Gasteiger partial charge in [-0.1, -0.05) is 38.1 Å². The zero-order valence-electron chi connectivity index (χ0n) is 17.4. The summed E-state index contributed by atoms with van der Waals surface area (Å²) in [4.78, 5) is 17.4. The van der Waals surface area contributed by atoms with Crippen molar-refractivity contribution in [2.75, 3.05) is 26.2 Å². The highest BCUT2D eigenvalue weighted by molar-refractivity contribution is 5.92. The molecule has 1 amide bonds. The summed E-state index contributed by atoms with van der Waals surface area (Å²) >= 11 is 0. The van der Waals surface area contributed by atoms with Gasteiger partial charge < -0.3 is 4.90 Å². The molecule has 150 valence electrons. The zero-order valence-corrected chi connectivity index (χ0v) is 17.4. The van der Waals surface area contributed by atoms with Crippen LogP contribution in [-0.2, 0) is 6.54 Å². The van der Waals surface area contributed by atoms with Crippen molar-refractivity contribution in [1.82, 2.24) is 20.0 Å². The Balaban J connectivity index is 1.38. The molecule has 0 saturated carbocycles. The molecule has 0 radical (unpaired) electrons. The highest BCUT2D eigenvalue weighted by Gasteiger charge is 2.43. The molecule has 2 aromatic rings. The molecule has 2 saturated heterocycles. The van der Waals surface area contributed by atoms with Crippen LogP contribution in [0.15, 0.2) is 30.3 Å². The van der Waals surface area contributed by atoms with Gasteiger partial charge in [-0.15, -0.1) is 0 Å². The fourth-order valence-corrected chi connectivity index (χ4v) is 4.84. The Morgan fingerprint density at radius 1 is 1.18 bits per heavy atom. The Morgan fingerprint density at radius 3 is 2.64 bits per heavy atom. The highest BCUT2D eigenvalue weighted by atomic mass is 16.2. The van der Waals surface area contributed by atoms with Crippen molar-refractivity contribution in [3.63, 3.8) is 0 Å². The van der Waals surface area contributed by atoms with E-state index in [0.29, 0.717) is 11.6 Å². The number of likely N-dealkylation sites (tertiary alicyclic amines) is 2. The van der Waals surface area contributed by atoms with Gasteiger partial charge in [0.2, 0.25) is 0 Å². The van der Waals surface area contributed by atoms with Gasteiger partial charge in [-0.2, -0.15) is 5.10 Å². The van der Waals surface area contributed by atoms with Crippen molar-refractivity contribution in [2.45, 2.75) is 52.5 Å². The summed E-state index contributed by atoms with van der Waals surface area (Å²) in [5.74, 6) is 0.648. The monoisotopic (exact) mass is 380 g/mol. The van der Waals surface area contributed by atoms with Gasteiger partial charge >= 0.3 is 0 Å². The lowest BCUT2D eigenvalue weighted by Gasteiger charge is -2.40. The van der Waals surface area contributed by atoms with E-state index in [-0.39, 0.29) is 11.3 Å². The van der Waals surface area contributed by atoms with Gasteiger partial charge in [-0.25, -0.2) is 0 Å². The summed E-state index contributed by atoms with van der Waals surface area (Å²) in [6, 6.07) is 10.9. The van der Waals surface area contributed by atoms with Gasteiger partial charge in [-0.3, -0.25) is 14.8 Å². The summed E-state index contributed by atoms with van der Waals surface area (Å²) in [5, 5.41) is 7.04. The molecule has 1 atom stereocenters. The molecule has 1 aromatic carbocycles. The summed E-state index contributed by atoms with van der Waals surface area (Å²) in [7, 11) is 0. The summed E-state index contributed by atoms with van der Waals surface area (Å²) in [6.07, 6.45) is 3.54. The molecular weight excluding hydrogens is 348 g/mol. The van der Waals surface area contributed by atoms with Crippen LogP contribution in [0.2, 0.25) is 0 Å². The molecule has 2 aliphatic rings. The number of aromatic amines is 1. The summed E-state index contributed by atoms with van der Waals surface area (Å²) in [6.45, 7) is 11.4. The Labute approximate surface area is 168 Å². The molecule has 1 spiro atoms. The maximum absolute atomic E-state index is 12.8. The van der Waals surface area contributed by atoms with Crippen LogP contribution < -0.4 is 0 Å². The highest BCUT2D eigenvalue weighted by Crippen LogP contribution is 2.39. The minimum Gasteiger partial charge on any atom is -0.337 e. The number of rotatable bonds is 4. The molecule has 0 bridgehead atoms. The molecule has 1 aromatic heterocycles. The van der Waals surface area contributed by atoms with Crippen LogP contribution in [0.3, 0.4) is 0 Å². The second kappa shape index (κ2) is 7.70. The number of aryl methyl sites for hydroxylation is 1. The Hall–Kier alpha value is -2.14. The maximum atomic E-state index is 12.8. The molecule has 0 aliphatic carbocycles. The van der Waals surface area contributed by atoms with Crippen molar-refractivity contribution in [3.8, 4) is 0 Å². The first-order valence-corrected chi connectivity index (χ1v) is 10.6. The number of carbonyl (C=O) groups excluding carboxylic acids is 1. The van der Waals surface area contributed by atoms with E-state index >= 15 is 0 Å². The Bertz CT molecular complexity index is 825. The summed E-state index contributed by atoms with van der Waals surface area (Å²) in [5.41, 5.74) is 4.52. The Morgan fingerprint density at radius 2 is 1.96 bits per heavy atom. The van der Waals surface area contributed by atoms with Crippen molar-refractivity contribution >= 4 is 5.91 Å². The third-order valence-corrected chi connectivity index (χ3v) is 6.44. The number of piperidine rings is 1. The number of H-pyrrole nitrogens is 1. The normalized spacial score (nSPS) is 23.1. The van der Waals surface area contributed by atoms with E-state index in [1.165, 1.54) is 24.0 Å². The van der Waals surface area contributed by atoms with E-state index in [9.17, 15) is 4.79 Å². The van der Waals surface area contributed by atoms with E-state index in [1.54, 1.807) is 0 Å². The maximum Gasteiger partial charge on any atom is 0.274 e. The lowest BCUT2D eigenvalue weighted by Crippen LogP contribution is -2.45. The number of benzene rings is 1. The van der Waals surface area contributed by atoms with Gasteiger partial charge in [0.05, 0.1) is 0 Å². The van der Waals surface area contributed by atoms with E-state index in [1.807, 2.05) is 17.9 Å². The van der Waals surface area contributed by atoms with Crippen LogP contribution in [0, 0.1) is 12.3 Å². The smallest absolute Gasteiger partial charge is 0.274 e. The molecule has 5 nitrogen and oxygen atoms in total. The van der Waals surface area contributed by atoms with Crippen LogP contribution in [0.4, 0.5) is 0 Å². The van der Waals surface area contributed by atoms with Crippen molar-refractivity contribution in [1.29, 1.82) is 0 Å². The van der Waals surface area contributed by atoms with Crippen molar-refractivity contribution in [2.24, 2.45) is 5.41 Å². The van der Waals surface area contributed by atoms with Gasteiger partial charge in [0.1, 0.15) is 5.69 Å². The molecule has 28 heavy (non-hydrogen) atoms. The second-order valence-electron chi connectivity index (χ2n) is 9.12. The number of nitrogens with one attached hydrogen (secondary N) is 1. The van der Waals surface area contributed by atoms with Gasteiger partial charge in [0.25, 0.3) is 5.91 Å². The molecule has 4 rings (SSSR count). The predicted octanol–water partition coefficient (Wildman–Crippen LogP) is 3.97. The predicted molar refractivity (Wildman–Crippen MR) is 111 cm³/mol. The first kappa shape index (κ1) is 19.2. The van der Waals surface area contributed by atoms with E-state index < -0.39 is 0 Å². The van der Waals surface area contributed by atoms with Crippen molar-refractivity contribution < 1.29 is 4.79 Å². The van der Waals surface area contributed by atoms with E-state index in [2.05, 4.69) is 53.2 Å². The first-order valence-electron chi connectivity index (χ1n) is 10.6. The topological polar surface area (TPSA) is 52.2 Å². The van der Waals surface area contributed by atoms with Crippen molar-refractivity contribution in [3.05, 3.63) is 52.8 Å². The zero-order chi connectivity index (χ0) is 19.7.